The molecule has 1 amide bonds. The number of nitrogens with zero attached hydrogens (tertiary/aromatic N) is 1. The Hall–Kier alpha value is -0.730. The van der Waals surface area contributed by atoms with E-state index in [2.05, 4.69) is 26.5 Å². The predicted molar refractivity (Wildman–Crippen MR) is 100 cm³/mol. The second-order valence-corrected chi connectivity index (χ2v) is 8.58. The summed E-state index contributed by atoms with van der Waals surface area (Å²) in [5.41, 5.74) is 6.44. The molecule has 3 heterocycles. The number of rotatable bonds is 5. The number of piperidine rings is 1. The summed E-state index contributed by atoms with van der Waals surface area (Å²) < 4.78 is 0. The second-order valence-electron chi connectivity index (χ2n) is 8.58. The lowest BCUT2D eigenvalue weighted by molar-refractivity contribution is -0.125. The zero-order valence-corrected chi connectivity index (χ0v) is 15.8. The van der Waals surface area contributed by atoms with Gasteiger partial charge in [-0.05, 0) is 38.1 Å². The van der Waals surface area contributed by atoms with Crippen LogP contribution >= 0.6 is 0 Å². The number of amides is 1. The summed E-state index contributed by atoms with van der Waals surface area (Å²) in [6.07, 6.45) is 11.3. The first kappa shape index (κ1) is 18.6. The van der Waals surface area contributed by atoms with Gasteiger partial charge in [0.2, 0.25) is 5.91 Å². The Labute approximate surface area is 156 Å². The van der Waals surface area contributed by atoms with Gasteiger partial charge in [-0.15, -0.1) is 0 Å². The van der Waals surface area contributed by atoms with E-state index >= 15 is 0 Å². The van der Waals surface area contributed by atoms with Crippen molar-refractivity contribution in [2.75, 3.05) is 26.2 Å². The van der Waals surface area contributed by atoms with Crippen molar-refractivity contribution in [1.29, 1.82) is 0 Å². The van der Waals surface area contributed by atoms with E-state index in [0.717, 1.165) is 32.6 Å². The Morgan fingerprint density at radius 3 is 2.77 bits per heavy atom. The van der Waals surface area contributed by atoms with Gasteiger partial charge in [0.15, 0.2) is 0 Å². The molecule has 7 heteroatoms. The van der Waals surface area contributed by atoms with Crippen LogP contribution in [0.15, 0.2) is 0 Å². The molecule has 148 valence electrons. The number of nitrogens with one attached hydrogen (secondary N) is 4. The molecule has 0 aromatic rings. The van der Waals surface area contributed by atoms with E-state index in [1.807, 2.05) is 0 Å². The molecule has 7 nitrogen and oxygen atoms in total. The van der Waals surface area contributed by atoms with Crippen LogP contribution in [0.25, 0.3) is 0 Å². The predicted octanol–water partition coefficient (Wildman–Crippen LogP) is 0.676. The van der Waals surface area contributed by atoms with Crippen LogP contribution in [0.2, 0.25) is 0 Å². The van der Waals surface area contributed by atoms with Gasteiger partial charge >= 0.3 is 0 Å². The summed E-state index contributed by atoms with van der Waals surface area (Å²) in [5, 5.41) is 9.05. The van der Waals surface area contributed by atoms with Gasteiger partial charge in [-0.1, -0.05) is 25.7 Å². The summed E-state index contributed by atoms with van der Waals surface area (Å²) >= 11 is 0. The first-order chi connectivity index (χ1) is 12.8. The Balaban J connectivity index is 1.18. The third-order valence-corrected chi connectivity index (χ3v) is 6.52. The zero-order chi connectivity index (χ0) is 17.8. The first-order valence-electron chi connectivity index (χ1n) is 10.7. The third-order valence-electron chi connectivity index (χ3n) is 6.52. The summed E-state index contributed by atoms with van der Waals surface area (Å²) in [5.74, 6) is 0.716. The van der Waals surface area contributed by atoms with Crippen molar-refractivity contribution in [3.8, 4) is 0 Å². The molecular formula is C19H35N5O2. The van der Waals surface area contributed by atoms with Gasteiger partial charge in [0, 0.05) is 32.1 Å². The molecule has 4 unspecified atom stereocenters. The molecule has 3 saturated heterocycles. The standard InChI is InChI=1S/C19H35N5O2/c25-19(17-10-18(26-23-17)14-6-2-1-3-7-14)22-16-11-21-24(13-16)12-15-8-4-5-9-20-15/h14-18,20-21,23H,1-13H2,(H,22,25). The number of hydrogen-bond donors (Lipinski definition) is 4. The normalized spacial score (nSPS) is 37.1. The fraction of sp³-hybridized carbons (Fsp3) is 0.947. The maximum absolute atomic E-state index is 12.6. The van der Waals surface area contributed by atoms with Crippen LogP contribution in [0.5, 0.6) is 0 Å². The van der Waals surface area contributed by atoms with Gasteiger partial charge < -0.3 is 10.6 Å². The molecule has 26 heavy (non-hydrogen) atoms. The number of hydrogen-bond acceptors (Lipinski definition) is 6. The van der Waals surface area contributed by atoms with Crippen LogP contribution in [0.3, 0.4) is 0 Å². The van der Waals surface area contributed by atoms with Gasteiger partial charge in [-0.2, -0.15) is 5.48 Å². The Kier molecular flexibility index (Phi) is 6.43. The number of carbonyl (C=O) groups excluding carboxylic acids is 1. The molecule has 1 aliphatic carbocycles. The topological polar surface area (TPSA) is 77.7 Å². The van der Waals surface area contributed by atoms with Crippen molar-refractivity contribution in [3.63, 3.8) is 0 Å². The highest BCUT2D eigenvalue weighted by molar-refractivity contribution is 5.82. The lowest BCUT2D eigenvalue weighted by Crippen LogP contribution is -2.48. The lowest BCUT2D eigenvalue weighted by Gasteiger charge is -2.27. The molecule has 4 fully saturated rings. The summed E-state index contributed by atoms with van der Waals surface area (Å²) in [6.45, 7) is 3.84. The molecule has 4 rings (SSSR count). The van der Waals surface area contributed by atoms with E-state index in [9.17, 15) is 4.79 Å². The maximum Gasteiger partial charge on any atom is 0.239 e. The quantitative estimate of drug-likeness (QED) is 0.574. The van der Waals surface area contributed by atoms with Crippen LogP contribution in [-0.2, 0) is 9.63 Å². The number of hydrazine groups is 1. The van der Waals surface area contributed by atoms with Crippen molar-refractivity contribution in [2.24, 2.45) is 5.92 Å². The van der Waals surface area contributed by atoms with E-state index in [-0.39, 0.29) is 24.1 Å². The van der Waals surface area contributed by atoms with Gasteiger partial charge in [0.05, 0.1) is 12.1 Å². The fourth-order valence-electron chi connectivity index (χ4n) is 4.97. The largest absolute Gasteiger partial charge is 0.349 e. The molecule has 3 aliphatic heterocycles. The molecule has 0 aromatic carbocycles. The van der Waals surface area contributed by atoms with Crippen molar-refractivity contribution in [1.82, 2.24) is 26.5 Å². The monoisotopic (exact) mass is 365 g/mol. The molecule has 0 aromatic heterocycles. The van der Waals surface area contributed by atoms with Crippen LogP contribution in [-0.4, -0.2) is 61.3 Å². The minimum absolute atomic E-state index is 0.0905. The molecule has 4 aliphatic rings. The first-order valence-corrected chi connectivity index (χ1v) is 10.7. The zero-order valence-electron chi connectivity index (χ0n) is 15.8. The highest BCUT2D eigenvalue weighted by Gasteiger charge is 2.37. The molecular weight excluding hydrogens is 330 g/mol. The van der Waals surface area contributed by atoms with Crippen molar-refractivity contribution < 1.29 is 9.63 Å². The molecule has 4 atom stereocenters. The Morgan fingerprint density at radius 1 is 1.12 bits per heavy atom. The van der Waals surface area contributed by atoms with E-state index < -0.39 is 0 Å². The number of hydroxylamine groups is 1. The van der Waals surface area contributed by atoms with Gasteiger partial charge in [-0.25, -0.2) is 5.01 Å². The smallest absolute Gasteiger partial charge is 0.239 e. The summed E-state index contributed by atoms with van der Waals surface area (Å²) in [7, 11) is 0. The number of carbonyl (C=O) groups is 1. The minimum Gasteiger partial charge on any atom is -0.349 e. The second kappa shape index (κ2) is 8.97. The average Bonchev–Trinajstić information content (AvgIpc) is 3.33. The SMILES string of the molecule is O=C(NC1CNN(CC2CCCCN2)C1)C1CC(C2CCCCC2)ON1. The highest BCUT2D eigenvalue weighted by Crippen LogP contribution is 2.31. The fourth-order valence-corrected chi connectivity index (χ4v) is 4.97. The summed E-state index contributed by atoms with van der Waals surface area (Å²) in [4.78, 5) is 18.4. The molecule has 1 saturated carbocycles. The lowest BCUT2D eigenvalue weighted by atomic mass is 9.83. The molecule has 0 spiro atoms. The highest BCUT2D eigenvalue weighted by atomic mass is 16.7. The van der Waals surface area contributed by atoms with Crippen LogP contribution in [0.1, 0.15) is 57.8 Å². The van der Waals surface area contributed by atoms with Crippen LogP contribution in [0.4, 0.5) is 0 Å². The van der Waals surface area contributed by atoms with Crippen LogP contribution in [0, 0.1) is 5.92 Å². The van der Waals surface area contributed by atoms with Crippen LogP contribution < -0.4 is 21.5 Å². The van der Waals surface area contributed by atoms with E-state index in [1.165, 1.54) is 51.4 Å². The molecule has 0 radical (unpaired) electrons. The van der Waals surface area contributed by atoms with Gasteiger partial charge in [0.1, 0.15) is 6.04 Å². The van der Waals surface area contributed by atoms with Crippen molar-refractivity contribution >= 4 is 5.91 Å². The van der Waals surface area contributed by atoms with E-state index in [4.69, 9.17) is 4.84 Å². The van der Waals surface area contributed by atoms with E-state index in [1.54, 1.807) is 0 Å². The van der Waals surface area contributed by atoms with E-state index in [0.29, 0.717) is 12.0 Å². The Bertz CT molecular complexity index is 465. The van der Waals surface area contributed by atoms with Crippen molar-refractivity contribution in [2.45, 2.75) is 82.0 Å². The van der Waals surface area contributed by atoms with Crippen molar-refractivity contribution in [3.05, 3.63) is 0 Å². The molecule has 0 bridgehead atoms. The molecule has 4 N–H and O–H groups in total. The third kappa shape index (κ3) is 4.75. The Morgan fingerprint density at radius 2 is 1.96 bits per heavy atom. The van der Waals surface area contributed by atoms with Gasteiger partial charge in [-0.3, -0.25) is 15.1 Å². The maximum atomic E-state index is 12.6. The average molecular weight is 366 g/mol. The summed E-state index contributed by atoms with van der Waals surface area (Å²) in [6, 6.07) is 0.560. The minimum atomic E-state index is -0.198. The van der Waals surface area contributed by atoms with Gasteiger partial charge in [0.25, 0.3) is 0 Å².